The number of nitrogens with two attached hydrogens (primary N) is 1. The van der Waals surface area contributed by atoms with Crippen molar-refractivity contribution in [2.45, 2.75) is 9.10 Å². The fourth-order valence-electron chi connectivity index (χ4n) is 2.00. The Labute approximate surface area is 153 Å². The van der Waals surface area contributed by atoms with E-state index < -0.39 is 26.0 Å². The van der Waals surface area contributed by atoms with Gasteiger partial charge in [0.05, 0.1) is 12.0 Å². The van der Waals surface area contributed by atoms with E-state index in [0.717, 1.165) is 17.4 Å². The Hall–Kier alpha value is -2.57. The van der Waals surface area contributed by atoms with Gasteiger partial charge < -0.3 is 14.7 Å². The number of nitrogens with zero attached hydrogens (tertiary/aromatic N) is 2. The minimum absolute atomic E-state index is 0.0383. The predicted octanol–water partition coefficient (Wildman–Crippen LogP) is 1.54. The van der Waals surface area contributed by atoms with E-state index >= 15 is 0 Å². The Morgan fingerprint density at radius 1 is 1.12 bits per heavy atom. The van der Waals surface area contributed by atoms with E-state index in [9.17, 15) is 16.8 Å². The lowest BCUT2D eigenvalue weighted by atomic mass is 10.3. The lowest BCUT2D eigenvalue weighted by Gasteiger charge is -2.07. The summed E-state index contributed by atoms with van der Waals surface area (Å²) in [5.74, 6) is -0.270. The number of anilines is 1. The summed E-state index contributed by atoms with van der Waals surface area (Å²) in [5.41, 5.74) is 5.68. The van der Waals surface area contributed by atoms with Gasteiger partial charge in [-0.3, -0.25) is 0 Å². The summed E-state index contributed by atoms with van der Waals surface area (Å²) in [7, 11) is -6.80. The van der Waals surface area contributed by atoms with E-state index in [1.165, 1.54) is 37.4 Å². The number of thiophene rings is 1. The monoisotopic (exact) mass is 415 g/mol. The average molecular weight is 415 g/mol. The van der Waals surface area contributed by atoms with Gasteiger partial charge in [-0.15, -0.1) is 20.5 Å². The van der Waals surface area contributed by atoms with Crippen molar-refractivity contribution >= 4 is 37.3 Å². The summed E-state index contributed by atoms with van der Waals surface area (Å²) in [4.78, 5) is -0.0965. The smallest absolute Gasteiger partial charge is 0.350 e. The van der Waals surface area contributed by atoms with Crippen molar-refractivity contribution < 1.29 is 25.8 Å². The molecule has 3 rings (SSSR count). The third kappa shape index (κ3) is 3.38. The predicted molar refractivity (Wildman–Crippen MR) is 94.4 cm³/mol. The van der Waals surface area contributed by atoms with Gasteiger partial charge >= 0.3 is 10.1 Å². The average Bonchev–Trinajstić information content (AvgIpc) is 3.25. The molecule has 0 spiro atoms. The summed E-state index contributed by atoms with van der Waals surface area (Å²) in [6, 6.07) is 9.48. The highest BCUT2D eigenvalue weighted by molar-refractivity contribution is 7.90. The Bertz CT molecular complexity index is 1120. The van der Waals surface area contributed by atoms with Crippen molar-refractivity contribution in [2.75, 3.05) is 12.8 Å². The molecule has 0 aliphatic heterocycles. The minimum Gasteiger partial charge on any atom is -0.497 e. The van der Waals surface area contributed by atoms with Gasteiger partial charge in [0.25, 0.3) is 15.9 Å². The van der Waals surface area contributed by atoms with E-state index in [2.05, 4.69) is 5.10 Å². The zero-order valence-electron chi connectivity index (χ0n) is 13.3. The van der Waals surface area contributed by atoms with Gasteiger partial charge in [0.15, 0.2) is 4.21 Å². The lowest BCUT2D eigenvalue weighted by Crippen LogP contribution is -2.17. The Balaban J connectivity index is 1.94. The molecule has 3 aromatic rings. The number of methoxy groups -OCH3 is 1. The Kier molecular flexibility index (Phi) is 4.64. The molecule has 0 atom stereocenters. The molecule has 2 aromatic heterocycles. The molecular weight excluding hydrogens is 402 g/mol. The molecule has 9 nitrogen and oxygen atoms in total. The largest absolute Gasteiger partial charge is 0.497 e. The highest BCUT2D eigenvalue weighted by Gasteiger charge is 2.25. The van der Waals surface area contributed by atoms with Crippen molar-refractivity contribution in [2.24, 2.45) is 0 Å². The van der Waals surface area contributed by atoms with Gasteiger partial charge in [-0.2, -0.15) is 16.8 Å². The summed E-state index contributed by atoms with van der Waals surface area (Å²) >= 11 is 0.957. The first-order valence-electron chi connectivity index (χ1n) is 6.97. The number of aromatic nitrogens is 2. The number of benzene rings is 1. The maximum absolute atomic E-state index is 12.6. The Morgan fingerprint density at radius 3 is 2.38 bits per heavy atom. The summed E-state index contributed by atoms with van der Waals surface area (Å²) in [5, 5.41) is 5.24. The Morgan fingerprint density at radius 2 is 1.81 bits per heavy atom. The molecule has 0 bridgehead atoms. The zero-order valence-corrected chi connectivity index (χ0v) is 15.7. The van der Waals surface area contributed by atoms with Crippen LogP contribution in [0.4, 0.5) is 5.82 Å². The van der Waals surface area contributed by atoms with Crippen LogP contribution in [0, 0.1) is 0 Å². The molecular formula is C14H13N3O6S3. The number of ether oxygens (including phenoxy) is 1. The SMILES string of the molecule is COc1ccc(S(=O)(=O)n2nc(OS(=O)(=O)c3cccs3)cc2N)cc1. The van der Waals surface area contributed by atoms with Crippen LogP contribution >= 0.6 is 11.3 Å². The standard InChI is InChI=1S/C14H13N3O6S3/c1-22-10-4-6-11(7-5-10)25(18,19)17-12(15)9-13(16-17)23-26(20,21)14-3-2-8-24-14/h2-9H,15H2,1H3. The molecule has 0 aliphatic rings. The fourth-order valence-corrected chi connectivity index (χ4v) is 5.02. The van der Waals surface area contributed by atoms with Crippen LogP contribution in [0.15, 0.2) is 56.9 Å². The van der Waals surface area contributed by atoms with Crippen LogP contribution < -0.4 is 14.7 Å². The molecule has 1 aromatic carbocycles. The summed E-state index contributed by atoms with van der Waals surface area (Å²) in [6.07, 6.45) is 0. The first kappa shape index (κ1) is 18.2. The molecule has 12 heteroatoms. The molecule has 0 saturated heterocycles. The first-order chi connectivity index (χ1) is 12.2. The normalized spacial score (nSPS) is 12.0. The van der Waals surface area contributed by atoms with Crippen LogP contribution in [-0.4, -0.2) is 33.1 Å². The van der Waals surface area contributed by atoms with E-state index in [4.69, 9.17) is 14.7 Å². The van der Waals surface area contributed by atoms with Crippen LogP contribution in [0.2, 0.25) is 0 Å². The quantitative estimate of drug-likeness (QED) is 0.600. The molecule has 0 radical (unpaired) electrons. The topological polar surface area (TPSA) is 131 Å². The van der Waals surface area contributed by atoms with Gasteiger partial charge in [-0.25, -0.2) is 0 Å². The second-order valence-corrected chi connectivity index (χ2v) is 9.39. The maximum Gasteiger partial charge on any atom is 0.350 e. The molecule has 2 heterocycles. The van der Waals surface area contributed by atoms with Crippen LogP contribution in [0.5, 0.6) is 11.6 Å². The zero-order chi connectivity index (χ0) is 18.9. The van der Waals surface area contributed by atoms with Crippen molar-refractivity contribution in [1.29, 1.82) is 0 Å². The van der Waals surface area contributed by atoms with E-state index in [1.807, 2.05) is 0 Å². The second-order valence-electron chi connectivity index (χ2n) is 4.90. The van der Waals surface area contributed by atoms with E-state index in [0.29, 0.717) is 9.84 Å². The highest BCUT2D eigenvalue weighted by atomic mass is 32.3. The van der Waals surface area contributed by atoms with Gasteiger partial charge in [0.1, 0.15) is 11.6 Å². The third-order valence-corrected chi connectivity index (χ3v) is 7.40. The van der Waals surface area contributed by atoms with Crippen LogP contribution in [0.1, 0.15) is 0 Å². The number of hydrogen-bond acceptors (Lipinski definition) is 9. The molecule has 138 valence electrons. The molecule has 0 aliphatic carbocycles. The molecule has 26 heavy (non-hydrogen) atoms. The maximum atomic E-state index is 12.6. The number of nitrogen functional groups attached to an aromatic ring is 1. The van der Waals surface area contributed by atoms with Gasteiger partial charge in [-0.05, 0) is 35.7 Å². The van der Waals surface area contributed by atoms with Crippen LogP contribution in [-0.2, 0) is 20.1 Å². The fraction of sp³-hybridized carbons (Fsp3) is 0.0714. The molecule has 2 N–H and O–H groups in total. The van der Waals surface area contributed by atoms with Crippen molar-refractivity contribution in [3.63, 3.8) is 0 Å². The van der Waals surface area contributed by atoms with E-state index in [-0.39, 0.29) is 14.9 Å². The molecule has 0 unspecified atom stereocenters. The molecule has 0 fully saturated rings. The van der Waals surface area contributed by atoms with Crippen LogP contribution in [0.25, 0.3) is 0 Å². The molecule has 0 saturated carbocycles. The third-order valence-electron chi connectivity index (χ3n) is 3.20. The molecule has 0 amide bonds. The number of hydrogen-bond donors (Lipinski definition) is 1. The van der Waals surface area contributed by atoms with Gasteiger partial charge in [0.2, 0.25) is 0 Å². The van der Waals surface area contributed by atoms with Crippen molar-refractivity contribution in [3.8, 4) is 11.6 Å². The van der Waals surface area contributed by atoms with Gasteiger partial charge in [0, 0.05) is 6.07 Å². The summed E-state index contributed by atoms with van der Waals surface area (Å²) < 4.78 is 59.8. The van der Waals surface area contributed by atoms with Crippen molar-refractivity contribution in [1.82, 2.24) is 9.19 Å². The van der Waals surface area contributed by atoms with E-state index in [1.54, 1.807) is 11.4 Å². The van der Waals surface area contributed by atoms with Gasteiger partial charge in [-0.1, -0.05) is 6.07 Å². The summed E-state index contributed by atoms with van der Waals surface area (Å²) in [6.45, 7) is 0. The first-order valence-corrected chi connectivity index (χ1v) is 10.7. The van der Waals surface area contributed by atoms with Crippen LogP contribution in [0.3, 0.4) is 0 Å². The minimum atomic E-state index is -4.13. The second kappa shape index (κ2) is 6.63. The number of rotatable bonds is 6. The lowest BCUT2D eigenvalue weighted by molar-refractivity contribution is 0.414. The highest BCUT2D eigenvalue weighted by Crippen LogP contribution is 2.26. The van der Waals surface area contributed by atoms with Crippen molar-refractivity contribution in [3.05, 3.63) is 47.8 Å².